The minimum Gasteiger partial charge on any atom is -0.469 e. The molecule has 0 fully saturated rings. The molecule has 2 heterocycles. The van der Waals surface area contributed by atoms with Crippen LogP contribution in [0.25, 0.3) is 0 Å². The van der Waals surface area contributed by atoms with Crippen molar-refractivity contribution in [3.05, 3.63) is 41.7 Å². The van der Waals surface area contributed by atoms with E-state index in [2.05, 4.69) is 10.0 Å². The minimum absolute atomic E-state index is 0.173. The summed E-state index contributed by atoms with van der Waals surface area (Å²) in [6.07, 6.45) is 2.13. The largest absolute Gasteiger partial charge is 0.469 e. The van der Waals surface area contributed by atoms with Crippen molar-refractivity contribution in [1.82, 2.24) is 10.0 Å². The van der Waals surface area contributed by atoms with Crippen LogP contribution in [0.1, 0.15) is 19.6 Å². The second-order valence-corrected chi connectivity index (χ2v) is 8.28. The number of hydrogen-bond acceptors (Lipinski definition) is 5. The van der Waals surface area contributed by atoms with E-state index in [0.29, 0.717) is 13.0 Å². The summed E-state index contributed by atoms with van der Waals surface area (Å²) in [6.45, 7) is 3.98. The highest BCUT2D eigenvalue weighted by molar-refractivity contribution is 7.91. The Morgan fingerprint density at radius 2 is 2.09 bits per heavy atom. The molecule has 8 heteroatoms. The van der Waals surface area contributed by atoms with Crippen LogP contribution < -0.4 is 10.0 Å². The van der Waals surface area contributed by atoms with Gasteiger partial charge in [-0.2, -0.15) is 4.72 Å². The molecule has 1 amide bonds. The average Bonchev–Trinajstić information content (AvgIpc) is 3.17. The van der Waals surface area contributed by atoms with Crippen molar-refractivity contribution >= 4 is 27.3 Å². The van der Waals surface area contributed by atoms with Gasteiger partial charge in [0.25, 0.3) is 10.0 Å². The molecule has 2 rings (SSSR count). The molecular weight excluding hydrogens is 336 g/mol. The van der Waals surface area contributed by atoms with Crippen LogP contribution in [0.4, 0.5) is 0 Å². The van der Waals surface area contributed by atoms with E-state index in [4.69, 9.17) is 4.42 Å². The van der Waals surface area contributed by atoms with E-state index >= 15 is 0 Å². The zero-order valence-corrected chi connectivity index (χ0v) is 14.6. The molecule has 2 N–H and O–H groups in total. The number of rotatable bonds is 8. The standard InChI is InChI=1S/C15H20N2O4S2/c1-11(2)14(17-23(19,20)13-6-4-10-22-13)15(18)16-8-7-12-5-3-9-21-12/h3-6,9-11,14,17H,7-8H2,1-2H3,(H,16,18). The van der Waals surface area contributed by atoms with Gasteiger partial charge < -0.3 is 9.73 Å². The van der Waals surface area contributed by atoms with E-state index in [1.165, 1.54) is 6.07 Å². The first-order valence-electron chi connectivity index (χ1n) is 7.26. The maximum Gasteiger partial charge on any atom is 0.250 e. The Balaban J connectivity index is 1.96. The van der Waals surface area contributed by atoms with Crippen molar-refractivity contribution in [3.63, 3.8) is 0 Å². The molecule has 0 bridgehead atoms. The van der Waals surface area contributed by atoms with Crippen LogP contribution in [0, 0.1) is 5.92 Å². The number of furan rings is 1. The summed E-state index contributed by atoms with van der Waals surface area (Å²) in [5.74, 6) is 0.255. The predicted molar refractivity (Wildman–Crippen MR) is 88.7 cm³/mol. The van der Waals surface area contributed by atoms with Gasteiger partial charge in [-0.15, -0.1) is 11.3 Å². The topological polar surface area (TPSA) is 88.4 Å². The lowest BCUT2D eigenvalue weighted by atomic mass is 10.1. The maximum absolute atomic E-state index is 12.3. The fourth-order valence-corrected chi connectivity index (χ4v) is 4.36. The fourth-order valence-electron chi connectivity index (χ4n) is 2.01. The van der Waals surface area contributed by atoms with Crippen molar-refractivity contribution in [3.8, 4) is 0 Å². The number of thiophene rings is 1. The first-order chi connectivity index (χ1) is 10.9. The lowest BCUT2D eigenvalue weighted by Crippen LogP contribution is -2.49. The van der Waals surface area contributed by atoms with Crippen molar-refractivity contribution in [2.24, 2.45) is 5.92 Å². The van der Waals surface area contributed by atoms with E-state index in [0.717, 1.165) is 17.1 Å². The normalized spacial score (nSPS) is 13.2. The number of amides is 1. The van der Waals surface area contributed by atoms with Crippen molar-refractivity contribution in [2.45, 2.75) is 30.5 Å². The van der Waals surface area contributed by atoms with Gasteiger partial charge in [-0.1, -0.05) is 19.9 Å². The van der Waals surface area contributed by atoms with Gasteiger partial charge in [-0.05, 0) is 29.5 Å². The van der Waals surface area contributed by atoms with E-state index in [9.17, 15) is 13.2 Å². The molecule has 0 aliphatic carbocycles. The summed E-state index contributed by atoms with van der Waals surface area (Å²) in [5.41, 5.74) is 0. The summed E-state index contributed by atoms with van der Waals surface area (Å²) in [7, 11) is -3.69. The van der Waals surface area contributed by atoms with Gasteiger partial charge in [0.2, 0.25) is 5.91 Å². The van der Waals surface area contributed by atoms with Crippen LogP contribution in [-0.2, 0) is 21.2 Å². The molecule has 0 aromatic carbocycles. The lowest BCUT2D eigenvalue weighted by Gasteiger charge is -2.21. The van der Waals surface area contributed by atoms with Crippen LogP contribution in [0.5, 0.6) is 0 Å². The van der Waals surface area contributed by atoms with Gasteiger partial charge in [-0.3, -0.25) is 4.79 Å². The first-order valence-corrected chi connectivity index (χ1v) is 9.62. The maximum atomic E-state index is 12.3. The van der Waals surface area contributed by atoms with Gasteiger partial charge in [0.15, 0.2) is 0 Å². The highest BCUT2D eigenvalue weighted by atomic mass is 32.2. The molecule has 2 aromatic rings. The first kappa shape index (κ1) is 17.7. The van der Waals surface area contributed by atoms with Crippen molar-refractivity contribution in [1.29, 1.82) is 0 Å². The smallest absolute Gasteiger partial charge is 0.250 e. The minimum atomic E-state index is -3.69. The molecule has 0 aliphatic rings. The number of carbonyl (C=O) groups is 1. The van der Waals surface area contributed by atoms with Gasteiger partial charge in [0.05, 0.1) is 6.26 Å². The summed E-state index contributed by atoms with van der Waals surface area (Å²) < 4.78 is 32.4. The molecule has 0 saturated heterocycles. The Morgan fingerprint density at radius 3 is 2.65 bits per heavy atom. The molecule has 0 saturated carbocycles. The summed E-state index contributed by atoms with van der Waals surface area (Å²) in [4.78, 5) is 12.3. The molecule has 1 unspecified atom stereocenters. The number of hydrogen-bond donors (Lipinski definition) is 2. The van der Waals surface area contributed by atoms with E-state index in [1.807, 2.05) is 6.07 Å². The van der Waals surface area contributed by atoms with Crippen LogP contribution in [-0.4, -0.2) is 26.9 Å². The van der Waals surface area contributed by atoms with Crippen LogP contribution in [0.3, 0.4) is 0 Å². The molecular formula is C15H20N2O4S2. The molecule has 23 heavy (non-hydrogen) atoms. The van der Waals surface area contributed by atoms with Crippen molar-refractivity contribution < 1.29 is 17.6 Å². The molecule has 6 nitrogen and oxygen atoms in total. The molecule has 126 valence electrons. The Labute approximate surface area is 139 Å². The Bertz CT molecular complexity index is 707. The quantitative estimate of drug-likeness (QED) is 0.757. The third kappa shape index (κ3) is 4.92. The van der Waals surface area contributed by atoms with E-state index in [-0.39, 0.29) is 16.0 Å². The summed E-state index contributed by atoms with van der Waals surface area (Å²) in [5, 5.41) is 4.43. The summed E-state index contributed by atoms with van der Waals surface area (Å²) in [6, 6.07) is 5.96. The number of nitrogens with one attached hydrogen (secondary N) is 2. The van der Waals surface area contributed by atoms with E-state index < -0.39 is 16.1 Å². The predicted octanol–water partition coefficient (Wildman–Crippen LogP) is 2.00. The molecule has 1 atom stereocenters. The second-order valence-electron chi connectivity index (χ2n) is 5.40. The molecule has 0 aliphatic heterocycles. The second kappa shape index (κ2) is 7.76. The summed E-state index contributed by atoms with van der Waals surface area (Å²) >= 11 is 1.12. The zero-order chi connectivity index (χ0) is 16.9. The number of carbonyl (C=O) groups excluding carboxylic acids is 1. The van der Waals surface area contributed by atoms with Crippen LogP contribution in [0.2, 0.25) is 0 Å². The number of sulfonamides is 1. The Kier molecular flexibility index (Phi) is 5.97. The monoisotopic (exact) mass is 356 g/mol. The van der Waals surface area contributed by atoms with Crippen LogP contribution >= 0.6 is 11.3 Å². The lowest BCUT2D eigenvalue weighted by molar-refractivity contribution is -0.123. The van der Waals surface area contributed by atoms with Gasteiger partial charge in [-0.25, -0.2) is 8.42 Å². The third-order valence-electron chi connectivity index (χ3n) is 3.24. The third-order valence-corrected chi connectivity index (χ3v) is 6.08. The molecule has 2 aromatic heterocycles. The zero-order valence-electron chi connectivity index (χ0n) is 13.0. The van der Waals surface area contributed by atoms with Crippen molar-refractivity contribution in [2.75, 3.05) is 6.54 Å². The Morgan fingerprint density at radius 1 is 1.30 bits per heavy atom. The fraction of sp³-hybridized carbons (Fsp3) is 0.400. The average molecular weight is 356 g/mol. The van der Waals surface area contributed by atoms with Gasteiger partial charge in [0, 0.05) is 13.0 Å². The molecule has 0 spiro atoms. The van der Waals surface area contributed by atoms with Gasteiger partial charge in [0.1, 0.15) is 16.0 Å². The molecule has 0 radical (unpaired) electrons. The SMILES string of the molecule is CC(C)C(NS(=O)(=O)c1cccs1)C(=O)NCCc1ccco1. The van der Waals surface area contributed by atoms with E-state index in [1.54, 1.807) is 37.6 Å². The Hall–Kier alpha value is -1.64. The van der Waals surface area contributed by atoms with Gasteiger partial charge >= 0.3 is 0 Å². The highest BCUT2D eigenvalue weighted by Crippen LogP contribution is 2.17. The highest BCUT2D eigenvalue weighted by Gasteiger charge is 2.28. The van der Waals surface area contributed by atoms with Crippen LogP contribution in [0.15, 0.2) is 44.5 Å².